The van der Waals surface area contributed by atoms with Gasteiger partial charge in [-0.1, -0.05) is 54.6 Å². The summed E-state index contributed by atoms with van der Waals surface area (Å²) in [6, 6.07) is 23.9. The fourth-order valence-electron chi connectivity index (χ4n) is 2.14. The van der Waals surface area contributed by atoms with E-state index in [-0.39, 0.29) is 0 Å². The molecule has 18 heavy (non-hydrogen) atoms. The third-order valence-electron chi connectivity index (χ3n) is 3.04. The molecule has 3 aromatic rings. The predicted molar refractivity (Wildman–Crippen MR) is 74.8 cm³/mol. The van der Waals surface area contributed by atoms with E-state index in [0.29, 0.717) is 0 Å². The van der Waals surface area contributed by atoms with Crippen LogP contribution in [0.2, 0.25) is 0 Å². The Balaban J connectivity index is 2.27. The van der Waals surface area contributed by atoms with Crippen molar-refractivity contribution in [1.82, 2.24) is 0 Å². The average Bonchev–Trinajstić information content (AvgIpc) is 2.46. The van der Waals surface area contributed by atoms with Crippen LogP contribution in [0.15, 0.2) is 60.7 Å². The first-order valence-electron chi connectivity index (χ1n) is 5.93. The lowest BCUT2D eigenvalue weighted by Crippen LogP contribution is -1.89. The molecule has 0 aromatic heterocycles. The second kappa shape index (κ2) is 4.53. The summed E-state index contributed by atoms with van der Waals surface area (Å²) in [7, 11) is 1.69. The molecule has 0 N–H and O–H groups in total. The van der Waals surface area contributed by atoms with Gasteiger partial charge in [-0.2, -0.15) is 0 Å². The third kappa shape index (κ3) is 1.84. The predicted octanol–water partition coefficient (Wildman–Crippen LogP) is 4.32. The molecule has 1 nitrogen and oxygen atoms in total. The molecular formula is C17H13O. The summed E-state index contributed by atoms with van der Waals surface area (Å²) in [6.07, 6.45) is 0. The van der Waals surface area contributed by atoms with Crippen molar-refractivity contribution in [2.45, 2.75) is 0 Å². The van der Waals surface area contributed by atoms with Crippen molar-refractivity contribution in [2.24, 2.45) is 0 Å². The molecule has 3 rings (SSSR count). The van der Waals surface area contributed by atoms with Gasteiger partial charge < -0.3 is 4.74 Å². The number of hydrogen-bond donors (Lipinski definition) is 0. The van der Waals surface area contributed by atoms with Gasteiger partial charge in [0, 0.05) is 11.6 Å². The lowest BCUT2D eigenvalue weighted by atomic mass is 10.00. The molecule has 0 unspecified atom stereocenters. The molecule has 0 aliphatic rings. The van der Waals surface area contributed by atoms with Crippen molar-refractivity contribution >= 4 is 10.8 Å². The minimum atomic E-state index is 0.792. The molecule has 0 bridgehead atoms. The van der Waals surface area contributed by atoms with Crippen LogP contribution in [0.4, 0.5) is 0 Å². The van der Waals surface area contributed by atoms with Crippen LogP contribution in [0.25, 0.3) is 21.9 Å². The van der Waals surface area contributed by atoms with Crippen LogP contribution < -0.4 is 4.74 Å². The first-order valence-corrected chi connectivity index (χ1v) is 5.93. The summed E-state index contributed by atoms with van der Waals surface area (Å²) >= 11 is 0. The van der Waals surface area contributed by atoms with Crippen LogP contribution in [0.1, 0.15) is 0 Å². The SMILES string of the molecule is COc1[c]c2ccccc2cc1-c1ccccc1. The summed E-state index contributed by atoms with van der Waals surface area (Å²) in [5, 5.41) is 2.26. The van der Waals surface area contributed by atoms with Gasteiger partial charge in [-0.05, 0) is 22.4 Å². The minimum absolute atomic E-state index is 0.792. The number of fused-ring (bicyclic) bond motifs is 1. The largest absolute Gasteiger partial charge is 0.495 e. The lowest BCUT2D eigenvalue weighted by Gasteiger charge is -2.10. The first kappa shape index (κ1) is 10.8. The Hall–Kier alpha value is -2.28. The van der Waals surface area contributed by atoms with Gasteiger partial charge in [-0.3, -0.25) is 0 Å². The van der Waals surface area contributed by atoms with Crippen molar-refractivity contribution in [3.8, 4) is 16.9 Å². The van der Waals surface area contributed by atoms with Crippen molar-refractivity contribution < 1.29 is 4.74 Å². The first-order chi connectivity index (χ1) is 8.88. The summed E-state index contributed by atoms with van der Waals surface area (Å²) in [5.41, 5.74) is 2.23. The van der Waals surface area contributed by atoms with E-state index < -0.39 is 0 Å². The molecule has 0 saturated heterocycles. The van der Waals surface area contributed by atoms with E-state index >= 15 is 0 Å². The maximum Gasteiger partial charge on any atom is 0.135 e. The Morgan fingerprint density at radius 1 is 0.889 bits per heavy atom. The molecular weight excluding hydrogens is 220 g/mol. The highest BCUT2D eigenvalue weighted by atomic mass is 16.5. The highest BCUT2D eigenvalue weighted by Crippen LogP contribution is 2.33. The highest BCUT2D eigenvalue weighted by Gasteiger charge is 2.07. The molecule has 0 aliphatic carbocycles. The Morgan fingerprint density at radius 3 is 2.39 bits per heavy atom. The maximum atomic E-state index is 5.45. The smallest absolute Gasteiger partial charge is 0.135 e. The maximum absolute atomic E-state index is 5.45. The van der Waals surface area contributed by atoms with Crippen LogP contribution >= 0.6 is 0 Å². The van der Waals surface area contributed by atoms with Crippen molar-refractivity contribution in [2.75, 3.05) is 7.11 Å². The molecule has 0 heterocycles. The molecule has 0 atom stereocenters. The van der Waals surface area contributed by atoms with Gasteiger partial charge in [-0.25, -0.2) is 0 Å². The normalized spacial score (nSPS) is 10.5. The second-order valence-corrected chi connectivity index (χ2v) is 4.17. The van der Waals surface area contributed by atoms with E-state index in [1.807, 2.05) is 36.4 Å². The van der Waals surface area contributed by atoms with Gasteiger partial charge in [0.15, 0.2) is 0 Å². The second-order valence-electron chi connectivity index (χ2n) is 4.17. The Kier molecular flexibility index (Phi) is 2.73. The zero-order valence-electron chi connectivity index (χ0n) is 10.2. The van der Waals surface area contributed by atoms with Crippen LogP contribution in [0.5, 0.6) is 5.75 Å². The molecule has 0 saturated carbocycles. The van der Waals surface area contributed by atoms with E-state index in [1.54, 1.807) is 7.11 Å². The van der Waals surface area contributed by atoms with E-state index in [2.05, 4.69) is 30.3 Å². The van der Waals surface area contributed by atoms with E-state index in [1.165, 1.54) is 5.39 Å². The van der Waals surface area contributed by atoms with Crippen molar-refractivity contribution in [1.29, 1.82) is 0 Å². The van der Waals surface area contributed by atoms with Crippen LogP contribution in [0, 0.1) is 6.07 Å². The van der Waals surface area contributed by atoms with Gasteiger partial charge in [0.2, 0.25) is 0 Å². The number of rotatable bonds is 2. The van der Waals surface area contributed by atoms with E-state index in [9.17, 15) is 0 Å². The van der Waals surface area contributed by atoms with Gasteiger partial charge in [0.1, 0.15) is 5.75 Å². The van der Waals surface area contributed by atoms with Gasteiger partial charge in [0.25, 0.3) is 0 Å². The quantitative estimate of drug-likeness (QED) is 0.640. The van der Waals surface area contributed by atoms with Gasteiger partial charge in [-0.15, -0.1) is 0 Å². The fraction of sp³-hybridized carbons (Fsp3) is 0.0588. The standard InChI is InChI=1S/C17H13O/c1-18-17-12-15-10-6-5-9-14(15)11-16(17)13-7-3-2-4-8-13/h2-11H,1H3. The average molecular weight is 233 g/mol. The van der Waals surface area contributed by atoms with Gasteiger partial charge >= 0.3 is 0 Å². The molecule has 0 aliphatic heterocycles. The summed E-state index contributed by atoms with van der Waals surface area (Å²) in [5.74, 6) is 0.792. The molecule has 0 spiro atoms. The minimum Gasteiger partial charge on any atom is -0.495 e. The highest BCUT2D eigenvalue weighted by molar-refractivity contribution is 5.90. The number of ether oxygens (including phenoxy) is 1. The van der Waals surface area contributed by atoms with Crippen LogP contribution in [-0.4, -0.2) is 7.11 Å². The van der Waals surface area contributed by atoms with Crippen molar-refractivity contribution in [3.05, 3.63) is 66.7 Å². The molecule has 3 aromatic carbocycles. The summed E-state index contributed by atoms with van der Waals surface area (Å²) < 4.78 is 5.45. The zero-order chi connectivity index (χ0) is 12.4. The third-order valence-corrected chi connectivity index (χ3v) is 3.04. The topological polar surface area (TPSA) is 9.23 Å². The fourth-order valence-corrected chi connectivity index (χ4v) is 2.14. The molecule has 87 valence electrons. The Morgan fingerprint density at radius 2 is 1.61 bits per heavy atom. The van der Waals surface area contributed by atoms with Gasteiger partial charge in [0.05, 0.1) is 7.11 Å². The lowest BCUT2D eigenvalue weighted by molar-refractivity contribution is 0.416. The van der Waals surface area contributed by atoms with Crippen molar-refractivity contribution in [3.63, 3.8) is 0 Å². The Labute approximate surface area is 107 Å². The number of methoxy groups -OCH3 is 1. The zero-order valence-corrected chi connectivity index (χ0v) is 10.2. The van der Waals surface area contributed by atoms with Crippen LogP contribution in [0.3, 0.4) is 0 Å². The molecule has 0 fully saturated rings. The monoisotopic (exact) mass is 233 g/mol. The number of benzene rings is 3. The summed E-state index contributed by atoms with van der Waals surface area (Å²) in [4.78, 5) is 0. The van der Waals surface area contributed by atoms with E-state index in [4.69, 9.17) is 4.74 Å². The molecule has 0 amide bonds. The molecule has 1 radical (unpaired) electrons. The molecule has 1 heteroatoms. The summed E-state index contributed by atoms with van der Waals surface area (Å²) in [6.45, 7) is 0. The van der Waals surface area contributed by atoms with Crippen LogP contribution in [-0.2, 0) is 0 Å². The Bertz CT molecular complexity index is 672. The number of hydrogen-bond acceptors (Lipinski definition) is 1. The van der Waals surface area contributed by atoms with E-state index in [0.717, 1.165) is 22.3 Å².